The van der Waals surface area contributed by atoms with Crippen LogP contribution in [0.25, 0.3) is 0 Å². The first-order valence-corrected chi connectivity index (χ1v) is 7.65. The monoisotopic (exact) mass is 314 g/mol. The number of pyridine rings is 1. The summed E-state index contributed by atoms with van der Waals surface area (Å²) in [6, 6.07) is 10.9. The van der Waals surface area contributed by atoms with E-state index in [1.807, 2.05) is 12.3 Å². The minimum absolute atomic E-state index is 0.262. The van der Waals surface area contributed by atoms with Gasteiger partial charge < -0.3 is 9.84 Å². The number of aromatic nitrogens is 1. The van der Waals surface area contributed by atoms with Crippen LogP contribution in [0.4, 0.5) is 0 Å². The number of carboxylic acids is 1. The molecule has 5 nitrogen and oxygen atoms in total. The zero-order valence-electron chi connectivity index (χ0n) is 13.5. The molecular weight excluding hydrogens is 292 g/mol. The third-order valence-electron chi connectivity index (χ3n) is 3.59. The van der Waals surface area contributed by atoms with Gasteiger partial charge in [-0.1, -0.05) is 6.07 Å². The van der Waals surface area contributed by atoms with Gasteiger partial charge in [-0.15, -0.1) is 0 Å². The number of ether oxygens (including phenoxy) is 1. The van der Waals surface area contributed by atoms with Gasteiger partial charge in [0.25, 0.3) is 0 Å². The molecule has 0 saturated heterocycles. The molecule has 0 aliphatic heterocycles. The zero-order valence-corrected chi connectivity index (χ0v) is 13.5. The molecule has 122 valence electrons. The first kappa shape index (κ1) is 17.0. The van der Waals surface area contributed by atoms with Crippen LogP contribution >= 0.6 is 0 Å². The zero-order chi connectivity index (χ0) is 16.7. The lowest BCUT2D eigenvalue weighted by Crippen LogP contribution is -2.34. The Balaban J connectivity index is 1.85. The van der Waals surface area contributed by atoms with E-state index in [1.165, 1.54) is 5.56 Å². The van der Waals surface area contributed by atoms with Gasteiger partial charge in [-0.2, -0.15) is 0 Å². The van der Waals surface area contributed by atoms with Gasteiger partial charge in [0.1, 0.15) is 12.4 Å². The number of carboxylic acid groups (broad SMARTS) is 1. The Morgan fingerprint density at radius 3 is 2.57 bits per heavy atom. The van der Waals surface area contributed by atoms with Crippen molar-refractivity contribution in [2.75, 3.05) is 13.2 Å². The fourth-order valence-corrected chi connectivity index (χ4v) is 2.22. The van der Waals surface area contributed by atoms with E-state index < -0.39 is 5.97 Å². The summed E-state index contributed by atoms with van der Waals surface area (Å²) >= 11 is 0. The van der Waals surface area contributed by atoms with Crippen molar-refractivity contribution in [1.29, 1.82) is 0 Å². The van der Waals surface area contributed by atoms with E-state index in [2.05, 4.69) is 29.8 Å². The molecule has 2 rings (SSSR count). The molecule has 0 bridgehead atoms. The molecule has 0 amide bonds. The van der Waals surface area contributed by atoms with E-state index in [9.17, 15) is 4.79 Å². The molecule has 1 heterocycles. The van der Waals surface area contributed by atoms with Crippen LogP contribution in [0.3, 0.4) is 0 Å². The lowest BCUT2D eigenvalue weighted by atomic mass is 10.2. The Morgan fingerprint density at radius 1 is 1.26 bits per heavy atom. The van der Waals surface area contributed by atoms with E-state index >= 15 is 0 Å². The number of hydrogen-bond donors (Lipinski definition) is 1. The van der Waals surface area contributed by atoms with E-state index in [-0.39, 0.29) is 5.56 Å². The van der Waals surface area contributed by atoms with Crippen molar-refractivity contribution in [3.8, 4) is 5.75 Å². The van der Waals surface area contributed by atoms with Crippen LogP contribution in [0.15, 0.2) is 48.8 Å². The second-order valence-corrected chi connectivity index (χ2v) is 5.60. The van der Waals surface area contributed by atoms with Crippen LogP contribution in [0.2, 0.25) is 0 Å². The normalized spacial score (nSPS) is 11.0. The molecule has 2 aromatic rings. The summed E-state index contributed by atoms with van der Waals surface area (Å²) in [5, 5.41) is 8.87. The van der Waals surface area contributed by atoms with Crippen molar-refractivity contribution in [2.45, 2.75) is 26.4 Å². The second kappa shape index (κ2) is 8.29. The van der Waals surface area contributed by atoms with Crippen molar-refractivity contribution >= 4 is 5.97 Å². The number of nitrogens with zero attached hydrogens (tertiary/aromatic N) is 2. The quantitative estimate of drug-likeness (QED) is 0.811. The first-order valence-electron chi connectivity index (χ1n) is 7.65. The highest BCUT2D eigenvalue weighted by molar-refractivity contribution is 5.87. The van der Waals surface area contributed by atoms with Crippen LogP contribution in [0.5, 0.6) is 5.75 Å². The topological polar surface area (TPSA) is 62.7 Å². The van der Waals surface area contributed by atoms with Gasteiger partial charge in [-0.3, -0.25) is 9.88 Å². The smallest absolute Gasteiger partial charge is 0.335 e. The summed E-state index contributed by atoms with van der Waals surface area (Å²) in [5.41, 5.74) is 1.43. The van der Waals surface area contributed by atoms with Crippen molar-refractivity contribution in [1.82, 2.24) is 9.88 Å². The maximum atomic E-state index is 10.8. The number of rotatable bonds is 8. The lowest BCUT2D eigenvalue weighted by molar-refractivity contribution is 0.0697. The van der Waals surface area contributed by atoms with Gasteiger partial charge in [0.05, 0.1) is 5.56 Å². The Labute approximate surface area is 136 Å². The molecule has 0 spiro atoms. The van der Waals surface area contributed by atoms with Gasteiger partial charge in [-0.05, 0) is 49.7 Å². The summed E-state index contributed by atoms with van der Waals surface area (Å²) in [5.74, 6) is -0.251. The van der Waals surface area contributed by atoms with Crippen LogP contribution in [0, 0.1) is 0 Å². The summed E-state index contributed by atoms with van der Waals surface area (Å²) in [4.78, 5) is 17.3. The Hall–Kier alpha value is -2.40. The van der Waals surface area contributed by atoms with Crippen molar-refractivity contribution in [3.05, 3.63) is 59.9 Å². The fourth-order valence-electron chi connectivity index (χ4n) is 2.22. The molecule has 5 heteroatoms. The first-order chi connectivity index (χ1) is 11.1. The highest BCUT2D eigenvalue weighted by atomic mass is 16.5. The third kappa shape index (κ3) is 5.38. The van der Waals surface area contributed by atoms with Gasteiger partial charge in [0, 0.05) is 31.5 Å². The van der Waals surface area contributed by atoms with Crippen molar-refractivity contribution in [3.63, 3.8) is 0 Å². The SMILES string of the molecule is CC(C)N(CCOc1ccc(C(=O)O)cc1)Cc1cccnc1. The van der Waals surface area contributed by atoms with E-state index in [0.717, 1.165) is 13.1 Å². The minimum Gasteiger partial charge on any atom is -0.492 e. The number of carbonyl (C=O) groups is 1. The highest BCUT2D eigenvalue weighted by Gasteiger charge is 2.10. The van der Waals surface area contributed by atoms with Crippen molar-refractivity contribution < 1.29 is 14.6 Å². The molecule has 1 aromatic carbocycles. The Kier molecular flexibility index (Phi) is 6.11. The van der Waals surface area contributed by atoms with Gasteiger partial charge >= 0.3 is 5.97 Å². The summed E-state index contributed by atoms with van der Waals surface area (Å²) < 4.78 is 5.71. The second-order valence-electron chi connectivity index (χ2n) is 5.60. The van der Waals surface area contributed by atoms with E-state index in [4.69, 9.17) is 9.84 Å². The van der Waals surface area contributed by atoms with Crippen LogP contribution in [0.1, 0.15) is 29.8 Å². The molecule has 0 aliphatic rings. The number of aromatic carboxylic acids is 1. The molecule has 0 aliphatic carbocycles. The highest BCUT2D eigenvalue weighted by Crippen LogP contribution is 2.13. The minimum atomic E-state index is -0.931. The van der Waals surface area contributed by atoms with E-state index in [1.54, 1.807) is 30.5 Å². The standard InChI is InChI=1S/C18H22N2O3/c1-14(2)20(13-15-4-3-9-19-12-15)10-11-23-17-7-5-16(6-8-17)18(21)22/h3-9,12,14H,10-11,13H2,1-2H3,(H,21,22). The molecule has 0 radical (unpaired) electrons. The van der Waals surface area contributed by atoms with E-state index in [0.29, 0.717) is 18.4 Å². The Morgan fingerprint density at radius 2 is 2.00 bits per heavy atom. The molecule has 23 heavy (non-hydrogen) atoms. The predicted molar refractivity (Wildman–Crippen MR) is 88.7 cm³/mol. The molecular formula is C18H22N2O3. The molecule has 1 aromatic heterocycles. The predicted octanol–water partition coefficient (Wildman–Crippen LogP) is 3.07. The third-order valence-corrected chi connectivity index (χ3v) is 3.59. The largest absolute Gasteiger partial charge is 0.492 e. The molecule has 0 atom stereocenters. The number of hydrogen-bond acceptors (Lipinski definition) is 4. The van der Waals surface area contributed by atoms with Crippen molar-refractivity contribution in [2.24, 2.45) is 0 Å². The lowest BCUT2D eigenvalue weighted by Gasteiger charge is -2.26. The molecule has 1 N–H and O–H groups in total. The van der Waals surface area contributed by atoms with Gasteiger partial charge in [-0.25, -0.2) is 4.79 Å². The fraction of sp³-hybridized carbons (Fsp3) is 0.333. The molecule has 0 unspecified atom stereocenters. The average molecular weight is 314 g/mol. The maximum absolute atomic E-state index is 10.8. The number of benzene rings is 1. The molecule has 0 fully saturated rings. The van der Waals surface area contributed by atoms with Crippen LogP contribution in [-0.4, -0.2) is 40.2 Å². The summed E-state index contributed by atoms with van der Waals surface area (Å²) in [6.07, 6.45) is 3.65. The summed E-state index contributed by atoms with van der Waals surface area (Å²) in [7, 11) is 0. The maximum Gasteiger partial charge on any atom is 0.335 e. The summed E-state index contributed by atoms with van der Waals surface area (Å²) in [6.45, 7) is 6.46. The molecule has 0 saturated carbocycles. The van der Waals surface area contributed by atoms with Crippen LogP contribution in [-0.2, 0) is 6.54 Å². The van der Waals surface area contributed by atoms with Crippen LogP contribution < -0.4 is 4.74 Å². The van der Waals surface area contributed by atoms with Gasteiger partial charge in [0.2, 0.25) is 0 Å². The average Bonchev–Trinajstić information content (AvgIpc) is 2.55. The van der Waals surface area contributed by atoms with Gasteiger partial charge in [0.15, 0.2) is 0 Å². The Bertz CT molecular complexity index is 612.